The number of nitrogens with one attached hydrogen (secondary N) is 1. The van der Waals surface area contributed by atoms with Gasteiger partial charge in [-0.3, -0.25) is 4.98 Å². The zero-order valence-corrected chi connectivity index (χ0v) is 12.8. The summed E-state index contributed by atoms with van der Waals surface area (Å²) < 4.78 is 0. The van der Waals surface area contributed by atoms with Crippen LogP contribution in [0.3, 0.4) is 0 Å². The van der Waals surface area contributed by atoms with E-state index in [0.29, 0.717) is 12.0 Å². The highest BCUT2D eigenvalue weighted by molar-refractivity contribution is 6.31. The van der Waals surface area contributed by atoms with Crippen molar-refractivity contribution in [2.45, 2.75) is 52.0 Å². The van der Waals surface area contributed by atoms with Crippen molar-refractivity contribution < 1.29 is 0 Å². The van der Waals surface area contributed by atoms with Gasteiger partial charge in [0.25, 0.3) is 0 Å². The summed E-state index contributed by atoms with van der Waals surface area (Å²) in [6.45, 7) is 5.73. The monoisotopic (exact) mass is 280 g/mol. The summed E-state index contributed by atoms with van der Waals surface area (Å²) in [6, 6.07) is 2.72. The van der Waals surface area contributed by atoms with Crippen LogP contribution in [0.25, 0.3) is 0 Å². The standard InChI is InChI=1S/C16H25ClN2/c1-3-7-19-16-5-4-12(2)9-14(16)10-13-6-8-18-11-15(13)17/h6,8,11-12,14,16,19H,3-5,7,9-10H2,1-2H3. The molecule has 3 heteroatoms. The first-order chi connectivity index (χ1) is 9.20. The van der Waals surface area contributed by atoms with Crippen molar-refractivity contribution in [3.05, 3.63) is 29.0 Å². The van der Waals surface area contributed by atoms with Gasteiger partial charge in [0.15, 0.2) is 0 Å². The van der Waals surface area contributed by atoms with Crippen LogP contribution in [0, 0.1) is 11.8 Å². The summed E-state index contributed by atoms with van der Waals surface area (Å²) in [5.74, 6) is 1.54. The summed E-state index contributed by atoms with van der Waals surface area (Å²) in [5.41, 5.74) is 1.25. The highest BCUT2D eigenvalue weighted by Crippen LogP contribution is 2.32. The van der Waals surface area contributed by atoms with Crippen LogP contribution in [0.4, 0.5) is 0 Å². The first kappa shape index (κ1) is 14.8. The second kappa shape index (κ2) is 7.25. The van der Waals surface area contributed by atoms with Crippen molar-refractivity contribution >= 4 is 11.6 Å². The average molecular weight is 281 g/mol. The van der Waals surface area contributed by atoms with Crippen LogP contribution in [-0.2, 0) is 6.42 Å². The van der Waals surface area contributed by atoms with Gasteiger partial charge in [0.05, 0.1) is 5.02 Å². The molecule has 1 aromatic rings. The van der Waals surface area contributed by atoms with E-state index in [1.54, 1.807) is 6.20 Å². The maximum atomic E-state index is 6.25. The smallest absolute Gasteiger partial charge is 0.0621 e. The molecule has 0 radical (unpaired) electrons. The molecule has 0 aliphatic heterocycles. The van der Waals surface area contributed by atoms with Gasteiger partial charge in [-0.05, 0) is 62.1 Å². The number of pyridine rings is 1. The number of aromatic nitrogens is 1. The summed E-state index contributed by atoms with van der Waals surface area (Å²) in [6.07, 6.45) is 9.85. The second-order valence-corrected chi connectivity index (χ2v) is 6.32. The molecular formula is C16H25ClN2. The molecule has 2 nitrogen and oxygen atoms in total. The van der Waals surface area contributed by atoms with Crippen molar-refractivity contribution in [1.82, 2.24) is 10.3 Å². The van der Waals surface area contributed by atoms with E-state index in [1.165, 1.54) is 31.2 Å². The quantitative estimate of drug-likeness (QED) is 0.879. The molecule has 1 aliphatic carbocycles. The molecule has 0 saturated heterocycles. The third-order valence-electron chi connectivity index (χ3n) is 4.24. The summed E-state index contributed by atoms with van der Waals surface area (Å²) in [5, 5.41) is 4.54. The summed E-state index contributed by atoms with van der Waals surface area (Å²) >= 11 is 6.25. The van der Waals surface area contributed by atoms with Crippen molar-refractivity contribution in [3.63, 3.8) is 0 Å². The van der Waals surface area contributed by atoms with Crippen molar-refractivity contribution in [1.29, 1.82) is 0 Å². The maximum Gasteiger partial charge on any atom is 0.0621 e. The predicted molar refractivity (Wildman–Crippen MR) is 81.5 cm³/mol. The number of hydrogen-bond acceptors (Lipinski definition) is 2. The SMILES string of the molecule is CCCNC1CCC(C)CC1Cc1ccncc1Cl. The molecule has 1 fully saturated rings. The van der Waals surface area contributed by atoms with Crippen LogP contribution in [0.2, 0.25) is 5.02 Å². The fourth-order valence-corrected chi connectivity index (χ4v) is 3.37. The lowest BCUT2D eigenvalue weighted by molar-refractivity contribution is 0.212. The highest BCUT2D eigenvalue weighted by atomic mass is 35.5. The van der Waals surface area contributed by atoms with Crippen molar-refractivity contribution in [2.24, 2.45) is 11.8 Å². The topological polar surface area (TPSA) is 24.9 Å². The van der Waals surface area contributed by atoms with Crippen LogP contribution in [0.5, 0.6) is 0 Å². The molecule has 1 heterocycles. The Morgan fingerprint density at radius 2 is 2.26 bits per heavy atom. The Balaban J connectivity index is 2.03. The number of nitrogens with zero attached hydrogens (tertiary/aromatic N) is 1. The molecule has 1 aromatic heterocycles. The molecule has 0 bridgehead atoms. The van der Waals surface area contributed by atoms with Crippen molar-refractivity contribution in [3.8, 4) is 0 Å². The fourth-order valence-electron chi connectivity index (χ4n) is 3.17. The van der Waals surface area contributed by atoms with Gasteiger partial charge in [-0.25, -0.2) is 0 Å². The molecular weight excluding hydrogens is 256 g/mol. The molecule has 2 rings (SSSR count). The number of halogens is 1. The minimum absolute atomic E-state index is 0.653. The van der Waals surface area contributed by atoms with Gasteiger partial charge >= 0.3 is 0 Å². The van der Waals surface area contributed by atoms with E-state index in [4.69, 9.17) is 11.6 Å². The number of hydrogen-bond donors (Lipinski definition) is 1. The van der Waals surface area contributed by atoms with Gasteiger partial charge in [0, 0.05) is 18.4 Å². The minimum Gasteiger partial charge on any atom is -0.314 e. The Morgan fingerprint density at radius 3 is 3.00 bits per heavy atom. The lowest BCUT2D eigenvalue weighted by Gasteiger charge is -2.36. The lowest BCUT2D eigenvalue weighted by Crippen LogP contribution is -2.41. The molecule has 0 amide bonds. The molecule has 19 heavy (non-hydrogen) atoms. The normalized spacial score (nSPS) is 27.4. The van der Waals surface area contributed by atoms with Crippen LogP contribution in [0.1, 0.15) is 45.1 Å². The molecule has 106 valence electrons. The minimum atomic E-state index is 0.653. The Morgan fingerprint density at radius 1 is 1.42 bits per heavy atom. The van der Waals surface area contributed by atoms with E-state index < -0.39 is 0 Å². The lowest BCUT2D eigenvalue weighted by atomic mass is 9.76. The Bertz CT molecular complexity index is 392. The third kappa shape index (κ3) is 4.19. The fraction of sp³-hybridized carbons (Fsp3) is 0.688. The molecule has 1 saturated carbocycles. The molecule has 1 N–H and O–H groups in total. The Labute approximate surface area is 122 Å². The Kier molecular flexibility index (Phi) is 5.65. The molecule has 3 atom stereocenters. The largest absolute Gasteiger partial charge is 0.314 e. The Hall–Kier alpha value is -0.600. The van der Waals surface area contributed by atoms with E-state index in [1.807, 2.05) is 6.20 Å². The zero-order chi connectivity index (χ0) is 13.7. The molecule has 0 aromatic carbocycles. The molecule has 3 unspecified atom stereocenters. The first-order valence-electron chi connectivity index (χ1n) is 7.52. The van der Waals surface area contributed by atoms with E-state index >= 15 is 0 Å². The van der Waals surface area contributed by atoms with Crippen LogP contribution in [-0.4, -0.2) is 17.6 Å². The van der Waals surface area contributed by atoms with E-state index in [9.17, 15) is 0 Å². The van der Waals surface area contributed by atoms with Crippen LogP contribution < -0.4 is 5.32 Å². The predicted octanol–water partition coefficient (Wildman–Crippen LogP) is 4.08. The van der Waals surface area contributed by atoms with E-state index in [0.717, 1.165) is 23.9 Å². The maximum absolute atomic E-state index is 6.25. The van der Waals surface area contributed by atoms with E-state index in [-0.39, 0.29) is 0 Å². The van der Waals surface area contributed by atoms with Gasteiger partial charge in [-0.2, -0.15) is 0 Å². The first-order valence-corrected chi connectivity index (χ1v) is 7.90. The van der Waals surface area contributed by atoms with Crippen molar-refractivity contribution in [2.75, 3.05) is 6.54 Å². The summed E-state index contributed by atoms with van der Waals surface area (Å²) in [4.78, 5) is 4.07. The van der Waals surface area contributed by atoms with Gasteiger partial charge in [0.2, 0.25) is 0 Å². The summed E-state index contributed by atoms with van der Waals surface area (Å²) in [7, 11) is 0. The van der Waals surface area contributed by atoms with Gasteiger partial charge in [0.1, 0.15) is 0 Å². The second-order valence-electron chi connectivity index (χ2n) is 5.91. The average Bonchev–Trinajstić information content (AvgIpc) is 2.40. The zero-order valence-electron chi connectivity index (χ0n) is 12.0. The van der Waals surface area contributed by atoms with E-state index in [2.05, 4.69) is 30.2 Å². The molecule has 0 spiro atoms. The number of rotatable bonds is 5. The highest BCUT2D eigenvalue weighted by Gasteiger charge is 2.28. The van der Waals surface area contributed by atoms with Gasteiger partial charge in [-0.15, -0.1) is 0 Å². The van der Waals surface area contributed by atoms with Gasteiger partial charge < -0.3 is 5.32 Å². The van der Waals surface area contributed by atoms with Crippen LogP contribution >= 0.6 is 11.6 Å². The van der Waals surface area contributed by atoms with Crippen LogP contribution in [0.15, 0.2) is 18.5 Å². The molecule has 1 aliphatic rings. The van der Waals surface area contributed by atoms with Gasteiger partial charge in [-0.1, -0.05) is 25.4 Å². The third-order valence-corrected chi connectivity index (χ3v) is 4.58.